The zero-order chi connectivity index (χ0) is 34.1. The molecule has 1 aromatic heterocycles. The highest BCUT2D eigenvalue weighted by Crippen LogP contribution is 2.40. The van der Waals surface area contributed by atoms with E-state index in [9.17, 15) is 4.57 Å². The summed E-state index contributed by atoms with van der Waals surface area (Å²) in [7, 11) is -2.32. The molecule has 0 spiro atoms. The molecule has 0 fully saturated rings. The third-order valence-corrected chi connectivity index (χ3v) is 10.8. The maximum atomic E-state index is 12.6. The third kappa shape index (κ3) is 6.09. The summed E-state index contributed by atoms with van der Waals surface area (Å²) in [6.07, 6.45) is 0. The van der Waals surface area contributed by atoms with Gasteiger partial charge in [0.05, 0.1) is 22.8 Å². The minimum Gasteiger partial charge on any atom is -0.319 e. The normalized spacial score (nSPS) is 11.5. The second kappa shape index (κ2) is 13.2. The standard InChI is InChI=1S/C46H35N2OP/c1-50(2,49)38-28-26-33(27-29-38)40-31-30-39(41-20-12-13-21-42(40)41)32-22-24-37(25-23-32)46-45(36-18-10-5-11-19-36)47-43(34-14-6-3-7-15-34)44(48-46)35-16-8-4-9-17-35/h3-31H,1-2H3. The molecule has 0 radical (unpaired) electrons. The molecule has 0 aliphatic rings. The fraction of sp³-hybridized carbons (Fsp3) is 0.0435. The second-order valence-corrected chi connectivity index (χ2v) is 16.1. The van der Waals surface area contributed by atoms with Crippen LogP contribution in [0.2, 0.25) is 0 Å². The molecule has 4 heteroatoms. The van der Waals surface area contributed by atoms with E-state index in [-0.39, 0.29) is 0 Å². The first-order valence-corrected chi connectivity index (χ1v) is 19.4. The molecule has 0 saturated carbocycles. The molecular weight excluding hydrogens is 627 g/mol. The Morgan fingerprint density at radius 3 is 1.00 bits per heavy atom. The maximum absolute atomic E-state index is 12.6. The van der Waals surface area contributed by atoms with Gasteiger partial charge < -0.3 is 4.57 Å². The van der Waals surface area contributed by atoms with Crippen LogP contribution in [0.15, 0.2) is 176 Å². The van der Waals surface area contributed by atoms with Crippen molar-refractivity contribution in [1.82, 2.24) is 9.97 Å². The Kier molecular flexibility index (Phi) is 8.28. The Balaban J connectivity index is 1.25. The predicted octanol–water partition coefficient (Wildman–Crippen LogP) is 11.9. The molecule has 0 saturated heterocycles. The smallest absolute Gasteiger partial charge is 0.109 e. The Hall–Kier alpha value is -5.89. The van der Waals surface area contributed by atoms with Gasteiger partial charge in [0, 0.05) is 27.6 Å². The molecule has 50 heavy (non-hydrogen) atoms. The number of aromatic nitrogens is 2. The lowest BCUT2D eigenvalue weighted by atomic mass is 9.91. The highest BCUT2D eigenvalue weighted by molar-refractivity contribution is 7.70. The molecule has 240 valence electrons. The number of fused-ring (bicyclic) bond motifs is 1. The number of hydrogen-bond donors (Lipinski definition) is 0. The topological polar surface area (TPSA) is 42.9 Å². The summed E-state index contributed by atoms with van der Waals surface area (Å²) < 4.78 is 12.6. The summed E-state index contributed by atoms with van der Waals surface area (Å²) in [6, 6.07) is 60.8. The average molecular weight is 663 g/mol. The largest absolute Gasteiger partial charge is 0.319 e. The van der Waals surface area contributed by atoms with Gasteiger partial charge in [0.2, 0.25) is 0 Å². The summed E-state index contributed by atoms with van der Waals surface area (Å²) in [4.78, 5) is 10.8. The first-order valence-electron chi connectivity index (χ1n) is 16.8. The fourth-order valence-corrected chi connectivity index (χ4v) is 7.51. The molecule has 7 aromatic carbocycles. The number of nitrogens with zero attached hydrogens (tertiary/aromatic N) is 2. The molecule has 0 amide bonds. The van der Waals surface area contributed by atoms with Crippen molar-refractivity contribution < 1.29 is 4.57 Å². The van der Waals surface area contributed by atoms with E-state index in [0.717, 1.165) is 72.6 Å². The fourth-order valence-electron chi connectivity index (χ4n) is 6.64. The summed E-state index contributed by atoms with van der Waals surface area (Å²) in [6.45, 7) is 3.63. The average Bonchev–Trinajstić information content (AvgIpc) is 3.18. The quantitative estimate of drug-likeness (QED) is 0.160. The van der Waals surface area contributed by atoms with Crippen LogP contribution in [-0.4, -0.2) is 23.3 Å². The molecular formula is C46H35N2OP. The minimum absolute atomic E-state index is 0.841. The maximum Gasteiger partial charge on any atom is 0.109 e. The van der Waals surface area contributed by atoms with Gasteiger partial charge in [-0.15, -0.1) is 0 Å². The van der Waals surface area contributed by atoms with Crippen LogP contribution in [0.4, 0.5) is 0 Å². The Morgan fingerprint density at radius 1 is 0.340 bits per heavy atom. The van der Waals surface area contributed by atoms with Crippen molar-refractivity contribution in [3.8, 4) is 67.3 Å². The van der Waals surface area contributed by atoms with Gasteiger partial charge in [-0.3, -0.25) is 0 Å². The lowest BCUT2D eigenvalue weighted by Crippen LogP contribution is -2.01. The van der Waals surface area contributed by atoms with Crippen LogP contribution in [0.1, 0.15) is 0 Å². The van der Waals surface area contributed by atoms with Crippen molar-refractivity contribution in [3.63, 3.8) is 0 Å². The zero-order valence-electron chi connectivity index (χ0n) is 28.0. The monoisotopic (exact) mass is 662 g/mol. The number of rotatable bonds is 7. The van der Waals surface area contributed by atoms with E-state index in [0.29, 0.717) is 0 Å². The molecule has 0 aliphatic heterocycles. The van der Waals surface area contributed by atoms with Gasteiger partial charge in [-0.1, -0.05) is 176 Å². The summed E-state index contributed by atoms with van der Waals surface area (Å²) in [5.41, 5.74) is 12.0. The number of hydrogen-bond acceptors (Lipinski definition) is 3. The van der Waals surface area contributed by atoms with Crippen molar-refractivity contribution in [2.45, 2.75) is 0 Å². The third-order valence-electron chi connectivity index (χ3n) is 9.23. The van der Waals surface area contributed by atoms with Crippen LogP contribution in [0, 0.1) is 0 Å². The van der Waals surface area contributed by atoms with Crippen LogP contribution >= 0.6 is 7.14 Å². The second-order valence-electron chi connectivity index (χ2n) is 12.9. The molecule has 0 atom stereocenters. The van der Waals surface area contributed by atoms with Crippen LogP contribution in [-0.2, 0) is 4.57 Å². The van der Waals surface area contributed by atoms with Crippen LogP contribution in [0.5, 0.6) is 0 Å². The van der Waals surface area contributed by atoms with E-state index < -0.39 is 7.14 Å². The van der Waals surface area contributed by atoms with Crippen molar-refractivity contribution in [1.29, 1.82) is 0 Å². The lowest BCUT2D eigenvalue weighted by Gasteiger charge is -2.16. The van der Waals surface area contributed by atoms with E-state index in [1.54, 1.807) is 0 Å². The summed E-state index contributed by atoms with van der Waals surface area (Å²) in [5, 5.41) is 3.26. The SMILES string of the molecule is CP(C)(=O)c1ccc(-c2ccc(-c3ccc(-c4nc(-c5ccccc5)c(-c5ccccc5)nc4-c4ccccc4)cc3)c3ccccc23)cc1. The first-order chi connectivity index (χ1) is 24.4. The molecule has 8 aromatic rings. The van der Waals surface area contributed by atoms with Gasteiger partial charge in [-0.05, 0) is 46.4 Å². The van der Waals surface area contributed by atoms with Crippen molar-refractivity contribution in [3.05, 3.63) is 176 Å². The van der Waals surface area contributed by atoms with Gasteiger partial charge in [-0.25, -0.2) is 9.97 Å². The molecule has 8 rings (SSSR count). The molecule has 0 aliphatic carbocycles. The number of benzene rings is 7. The van der Waals surface area contributed by atoms with Crippen molar-refractivity contribution in [2.24, 2.45) is 0 Å². The van der Waals surface area contributed by atoms with E-state index in [1.807, 2.05) is 80.1 Å². The van der Waals surface area contributed by atoms with Crippen molar-refractivity contribution >= 4 is 23.2 Å². The van der Waals surface area contributed by atoms with E-state index in [1.165, 1.54) is 10.8 Å². The first kappa shape index (κ1) is 31.4. The Morgan fingerprint density at radius 2 is 0.640 bits per heavy atom. The highest BCUT2D eigenvalue weighted by Gasteiger charge is 2.20. The zero-order valence-corrected chi connectivity index (χ0v) is 28.9. The van der Waals surface area contributed by atoms with Crippen LogP contribution in [0.3, 0.4) is 0 Å². The van der Waals surface area contributed by atoms with Gasteiger partial charge >= 0.3 is 0 Å². The Bertz CT molecular complexity index is 2490. The minimum atomic E-state index is -2.32. The highest BCUT2D eigenvalue weighted by atomic mass is 31.2. The van der Waals surface area contributed by atoms with Gasteiger partial charge in [0.1, 0.15) is 7.14 Å². The van der Waals surface area contributed by atoms with Gasteiger partial charge in [0.25, 0.3) is 0 Å². The molecule has 0 N–H and O–H groups in total. The summed E-state index contributed by atoms with van der Waals surface area (Å²) >= 11 is 0. The van der Waals surface area contributed by atoms with Gasteiger partial charge in [-0.2, -0.15) is 0 Å². The molecule has 0 unspecified atom stereocenters. The van der Waals surface area contributed by atoms with E-state index >= 15 is 0 Å². The van der Waals surface area contributed by atoms with Crippen LogP contribution < -0.4 is 5.30 Å². The van der Waals surface area contributed by atoms with Crippen LogP contribution in [0.25, 0.3) is 78.1 Å². The van der Waals surface area contributed by atoms with E-state index in [4.69, 9.17) is 9.97 Å². The lowest BCUT2D eigenvalue weighted by molar-refractivity contribution is 0.588. The molecule has 1 heterocycles. The Labute approximate surface area is 293 Å². The van der Waals surface area contributed by atoms with Gasteiger partial charge in [0.15, 0.2) is 0 Å². The predicted molar refractivity (Wildman–Crippen MR) is 211 cm³/mol. The van der Waals surface area contributed by atoms with Crippen molar-refractivity contribution in [2.75, 3.05) is 13.3 Å². The molecule has 0 bridgehead atoms. The van der Waals surface area contributed by atoms with E-state index in [2.05, 4.69) is 109 Å². The summed E-state index contributed by atoms with van der Waals surface area (Å²) in [5.74, 6) is 0. The molecule has 3 nitrogen and oxygen atoms in total.